The van der Waals surface area contributed by atoms with Gasteiger partial charge in [0.05, 0.1) is 18.9 Å². The molecule has 2 rings (SSSR count). The fourth-order valence-corrected chi connectivity index (χ4v) is 1.86. The summed E-state index contributed by atoms with van der Waals surface area (Å²) in [5.41, 5.74) is 4.87. The van der Waals surface area contributed by atoms with Gasteiger partial charge in [0.25, 0.3) is 0 Å². The van der Waals surface area contributed by atoms with Gasteiger partial charge >= 0.3 is 0 Å². The van der Waals surface area contributed by atoms with E-state index in [0.29, 0.717) is 26.3 Å². The first-order chi connectivity index (χ1) is 8.15. The van der Waals surface area contributed by atoms with Crippen molar-refractivity contribution in [3.05, 3.63) is 29.1 Å². The molecule has 94 valence electrons. The predicted octanol–water partition coefficient (Wildman–Crippen LogP) is 1.40. The van der Waals surface area contributed by atoms with Crippen LogP contribution < -0.4 is 10.6 Å². The quantitative estimate of drug-likeness (QED) is 0.802. The molecule has 0 aromatic heterocycles. The molecular weight excluding hydrogens is 233 g/mol. The van der Waals surface area contributed by atoms with Gasteiger partial charge in [0.1, 0.15) is 0 Å². The number of hydrogen-bond acceptors (Lipinski definition) is 3. The molecular formula is C11H13F3N2O. The van der Waals surface area contributed by atoms with Crippen LogP contribution in [0.15, 0.2) is 6.07 Å². The van der Waals surface area contributed by atoms with Crippen LogP contribution in [0, 0.1) is 17.5 Å². The van der Waals surface area contributed by atoms with Crippen molar-refractivity contribution in [3.8, 4) is 0 Å². The highest BCUT2D eigenvalue weighted by Gasteiger charge is 2.22. The number of hydrogen-bond donors (Lipinski definition) is 1. The molecule has 1 aromatic carbocycles. The summed E-state index contributed by atoms with van der Waals surface area (Å²) in [7, 11) is 0. The number of nitrogens with two attached hydrogens (primary N) is 1. The van der Waals surface area contributed by atoms with Crippen molar-refractivity contribution in [1.82, 2.24) is 0 Å². The molecule has 0 unspecified atom stereocenters. The molecule has 0 atom stereocenters. The Morgan fingerprint density at radius 3 is 2.41 bits per heavy atom. The lowest BCUT2D eigenvalue weighted by atomic mass is 10.1. The molecule has 0 bridgehead atoms. The van der Waals surface area contributed by atoms with Crippen molar-refractivity contribution in [2.24, 2.45) is 5.73 Å². The third-order valence-electron chi connectivity index (χ3n) is 2.78. The molecule has 0 saturated carbocycles. The number of halogens is 3. The molecule has 1 aliphatic rings. The lowest BCUT2D eigenvalue weighted by Gasteiger charge is -2.29. The Labute approximate surface area is 97.0 Å². The summed E-state index contributed by atoms with van der Waals surface area (Å²) in [5.74, 6) is -3.07. The highest BCUT2D eigenvalue weighted by Crippen LogP contribution is 2.27. The summed E-state index contributed by atoms with van der Waals surface area (Å²) in [5, 5.41) is 0. The first kappa shape index (κ1) is 12.2. The summed E-state index contributed by atoms with van der Waals surface area (Å²) in [6.07, 6.45) is 0. The predicted molar refractivity (Wildman–Crippen MR) is 57.2 cm³/mol. The van der Waals surface area contributed by atoms with Crippen LogP contribution in [0.2, 0.25) is 0 Å². The summed E-state index contributed by atoms with van der Waals surface area (Å²) in [4.78, 5) is 1.63. The average molecular weight is 246 g/mol. The minimum atomic E-state index is -1.21. The molecule has 0 aliphatic carbocycles. The zero-order valence-corrected chi connectivity index (χ0v) is 9.18. The van der Waals surface area contributed by atoms with Gasteiger partial charge in [0.15, 0.2) is 17.5 Å². The molecule has 1 heterocycles. The van der Waals surface area contributed by atoms with Crippen LogP contribution in [-0.4, -0.2) is 26.3 Å². The van der Waals surface area contributed by atoms with Crippen molar-refractivity contribution < 1.29 is 17.9 Å². The molecule has 1 saturated heterocycles. The third-order valence-corrected chi connectivity index (χ3v) is 2.78. The molecule has 1 fully saturated rings. The van der Waals surface area contributed by atoms with Gasteiger partial charge in [-0.2, -0.15) is 0 Å². The number of morpholine rings is 1. The Kier molecular flexibility index (Phi) is 3.54. The third kappa shape index (κ3) is 2.23. The second kappa shape index (κ2) is 4.93. The van der Waals surface area contributed by atoms with Crippen molar-refractivity contribution >= 4 is 5.69 Å². The highest BCUT2D eigenvalue weighted by molar-refractivity contribution is 5.51. The minimum absolute atomic E-state index is 0.0488. The van der Waals surface area contributed by atoms with Crippen molar-refractivity contribution in [3.63, 3.8) is 0 Å². The van der Waals surface area contributed by atoms with E-state index in [1.165, 1.54) is 0 Å². The van der Waals surface area contributed by atoms with E-state index in [1.54, 1.807) is 4.90 Å². The number of benzene rings is 1. The average Bonchev–Trinajstić information content (AvgIpc) is 2.36. The maximum Gasteiger partial charge on any atom is 0.166 e. The van der Waals surface area contributed by atoms with Crippen LogP contribution in [0.5, 0.6) is 0 Å². The van der Waals surface area contributed by atoms with E-state index in [0.717, 1.165) is 6.07 Å². The number of rotatable bonds is 2. The molecule has 0 spiro atoms. The lowest BCUT2D eigenvalue weighted by Crippen LogP contribution is -2.37. The Hall–Kier alpha value is -1.27. The standard InChI is InChI=1S/C11H13F3N2O/c12-8-5-9(16-1-3-17-4-2-16)11(14)7(6-15)10(8)13/h5H,1-4,6,15H2. The van der Waals surface area contributed by atoms with E-state index >= 15 is 0 Å². The fraction of sp³-hybridized carbons (Fsp3) is 0.455. The molecule has 3 nitrogen and oxygen atoms in total. The second-order valence-electron chi connectivity index (χ2n) is 3.79. The van der Waals surface area contributed by atoms with Gasteiger partial charge < -0.3 is 15.4 Å². The first-order valence-electron chi connectivity index (χ1n) is 5.34. The highest BCUT2D eigenvalue weighted by atomic mass is 19.2. The molecule has 1 aliphatic heterocycles. The molecule has 6 heteroatoms. The number of ether oxygens (including phenoxy) is 1. The van der Waals surface area contributed by atoms with Crippen LogP contribution in [-0.2, 0) is 11.3 Å². The SMILES string of the molecule is NCc1c(F)c(F)cc(N2CCOCC2)c1F. The zero-order chi connectivity index (χ0) is 12.4. The zero-order valence-electron chi connectivity index (χ0n) is 9.18. The van der Waals surface area contributed by atoms with Crippen molar-refractivity contribution in [2.45, 2.75) is 6.54 Å². The minimum Gasteiger partial charge on any atom is -0.378 e. The van der Waals surface area contributed by atoms with Crippen LogP contribution in [0.25, 0.3) is 0 Å². The van der Waals surface area contributed by atoms with Gasteiger partial charge in [-0.05, 0) is 0 Å². The topological polar surface area (TPSA) is 38.5 Å². The Bertz CT molecular complexity index is 420. The second-order valence-corrected chi connectivity index (χ2v) is 3.79. The van der Waals surface area contributed by atoms with Crippen LogP contribution in [0.4, 0.5) is 18.9 Å². The van der Waals surface area contributed by atoms with Gasteiger partial charge in [-0.3, -0.25) is 0 Å². The van der Waals surface area contributed by atoms with Gasteiger partial charge in [-0.25, -0.2) is 13.2 Å². The summed E-state index contributed by atoms with van der Waals surface area (Å²) in [6.45, 7) is 1.41. The molecule has 2 N–H and O–H groups in total. The van der Waals surface area contributed by atoms with E-state index in [4.69, 9.17) is 10.5 Å². The first-order valence-corrected chi connectivity index (χ1v) is 5.34. The molecule has 0 amide bonds. The number of nitrogens with zero attached hydrogens (tertiary/aromatic N) is 1. The van der Waals surface area contributed by atoms with E-state index in [9.17, 15) is 13.2 Å². The Morgan fingerprint density at radius 2 is 1.82 bits per heavy atom. The fourth-order valence-electron chi connectivity index (χ4n) is 1.86. The van der Waals surface area contributed by atoms with E-state index in [-0.39, 0.29) is 12.2 Å². The summed E-state index contributed by atoms with van der Waals surface area (Å²) < 4.78 is 45.6. The summed E-state index contributed by atoms with van der Waals surface area (Å²) in [6, 6.07) is 0.870. The van der Waals surface area contributed by atoms with Gasteiger partial charge in [-0.1, -0.05) is 0 Å². The monoisotopic (exact) mass is 246 g/mol. The molecule has 17 heavy (non-hydrogen) atoms. The van der Waals surface area contributed by atoms with E-state index < -0.39 is 23.0 Å². The van der Waals surface area contributed by atoms with Gasteiger partial charge in [0.2, 0.25) is 0 Å². The van der Waals surface area contributed by atoms with Gasteiger partial charge in [0, 0.05) is 31.3 Å². The van der Waals surface area contributed by atoms with E-state index in [1.807, 2.05) is 0 Å². The van der Waals surface area contributed by atoms with Crippen LogP contribution >= 0.6 is 0 Å². The number of anilines is 1. The Balaban J connectivity index is 2.42. The maximum absolute atomic E-state index is 13.9. The van der Waals surface area contributed by atoms with Crippen LogP contribution in [0.3, 0.4) is 0 Å². The largest absolute Gasteiger partial charge is 0.378 e. The van der Waals surface area contributed by atoms with Gasteiger partial charge in [-0.15, -0.1) is 0 Å². The van der Waals surface area contributed by atoms with E-state index in [2.05, 4.69) is 0 Å². The molecule has 0 radical (unpaired) electrons. The van der Waals surface area contributed by atoms with Crippen LogP contribution in [0.1, 0.15) is 5.56 Å². The maximum atomic E-state index is 13.9. The Morgan fingerprint density at radius 1 is 1.18 bits per heavy atom. The van der Waals surface area contributed by atoms with Crippen molar-refractivity contribution in [2.75, 3.05) is 31.2 Å². The normalized spacial score (nSPS) is 16.4. The lowest BCUT2D eigenvalue weighted by molar-refractivity contribution is 0.122. The van der Waals surface area contributed by atoms with Crippen molar-refractivity contribution in [1.29, 1.82) is 0 Å². The molecule has 1 aromatic rings. The smallest absolute Gasteiger partial charge is 0.166 e. The summed E-state index contributed by atoms with van der Waals surface area (Å²) >= 11 is 0.